The van der Waals surface area contributed by atoms with Crippen LogP contribution in [0.4, 0.5) is 8.78 Å². The van der Waals surface area contributed by atoms with Crippen LogP contribution in [0.15, 0.2) is 48.5 Å². The number of esters is 1. The van der Waals surface area contributed by atoms with Gasteiger partial charge in [-0.25, -0.2) is 8.78 Å². The fourth-order valence-corrected chi connectivity index (χ4v) is 4.48. The molecular formula is C26H22F2O6. The molecule has 3 aromatic rings. The van der Waals surface area contributed by atoms with Gasteiger partial charge in [0, 0.05) is 34.7 Å². The van der Waals surface area contributed by atoms with Crippen LogP contribution in [0.3, 0.4) is 0 Å². The first-order valence-electron chi connectivity index (χ1n) is 10.9. The number of hydrogen-bond donors (Lipinski definition) is 1. The highest BCUT2D eigenvalue weighted by atomic mass is 19.1. The first-order valence-corrected chi connectivity index (χ1v) is 10.9. The van der Waals surface area contributed by atoms with E-state index in [-0.39, 0.29) is 24.1 Å². The smallest absolute Gasteiger partial charge is 0.306 e. The van der Waals surface area contributed by atoms with Gasteiger partial charge < -0.3 is 24.1 Å². The molecule has 0 bridgehead atoms. The number of benzene rings is 3. The Morgan fingerprint density at radius 2 is 1.91 bits per heavy atom. The number of phenols is 1. The Balaban J connectivity index is 1.36. The van der Waals surface area contributed by atoms with Gasteiger partial charge in [-0.1, -0.05) is 6.07 Å². The second kappa shape index (κ2) is 8.85. The van der Waals surface area contributed by atoms with Crippen LogP contribution in [0.2, 0.25) is 0 Å². The van der Waals surface area contributed by atoms with Gasteiger partial charge in [0.1, 0.15) is 34.9 Å². The zero-order valence-electron chi connectivity index (χ0n) is 18.3. The molecule has 0 radical (unpaired) electrons. The van der Waals surface area contributed by atoms with Crippen molar-refractivity contribution in [2.24, 2.45) is 0 Å². The number of methoxy groups -OCH3 is 1. The van der Waals surface area contributed by atoms with Crippen molar-refractivity contribution in [2.75, 3.05) is 13.7 Å². The molecule has 0 unspecified atom stereocenters. The molecule has 0 fully saturated rings. The summed E-state index contributed by atoms with van der Waals surface area (Å²) in [5, 5.41) is 9.37. The largest absolute Gasteiger partial charge is 0.505 e. The fraction of sp³-hybridized carbons (Fsp3) is 0.269. The van der Waals surface area contributed by atoms with Gasteiger partial charge in [0.15, 0.2) is 11.6 Å². The van der Waals surface area contributed by atoms with Crippen molar-refractivity contribution < 1.29 is 37.6 Å². The van der Waals surface area contributed by atoms with Gasteiger partial charge in [-0.15, -0.1) is 0 Å². The predicted molar refractivity (Wildman–Crippen MR) is 118 cm³/mol. The van der Waals surface area contributed by atoms with Crippen molar-refractivity contribution in [3.63, 3.8) is 0 Å². The summed E-state index contributed by atoms with van der Waals surface area (Å²) < 4.78 is 50.9. The molecule has 2 atom stereocenters. The van der Waals surface area contributed by atoms with Crippen molar-refractivity contribution in [1.29, 1.82) is 0 Å². The molecule has 176 valence electrons. The third kappa shape index (κ3) is 4.11. The summed E-state index contributed by atoms with van der Waals surface area (Å²) in [6, 6.07) is 11.9. The summed E-state index contributed by atoms with van der Waals surface area (Å²) in [5.74, 6) is -0.277. The Kier molecular flexibility index (Phi) is 5.73. The minimum absolute atomic E-state index is 0.0782. The van der Waals surface area contributed by atoms with Crippen molar-refractivity contribution in [3.05, 3.63) is 76.9 Å². The zero-order valence-corrected chi connectivity index (χ0v) is 18.3. The van der Waals surface area contributed by atoms with Gasteiger partial charge in [-0.2, -0.15) is 0 Å². The van der Waals surface area contributed by atoms with Crippen LogP contribution in [-0.2, 0) is 16.0 Å². The molecule has 0 saturated heterocycles. The van der Waals surface area contributed by atoms with Crippen molar-refractivity contribution >= 4 is 5.97 Å². The summed E-state index contributed by atoms with van der Waals surface area (Å²) in [7, 11) is 1.36. The number of carbonyl (C=O) groups is 1. The quantitative estimate of drug-likeness (QED) is 0.477. The zero-order chi connectivity index (χ0) is 23.8. The van der Waals surface area contributed by atoms with E-state index in [2.05, 4.69) is 0 Å². The Morgan fingerprint density at radius 1 is 1.09 bits per heavy atom. The Bertz CT molecular complexity index is 1260. The predicted octanol–water partition coefficient (Wildman–Crippen LogP) is 5.57. The average Bonchev–Trinajstić information content (AvgIpc) is 3.43. The molecule has 0 amide bonds. The van der Waals surface area contributed by atoms with Gasteiger partial charge in [0.25, 0.3) is 0 Å². The lowest BCUT2D eigenvalue weighted by molar-refractivity contribution is -0.141. The summed E-state index contributed by atoms with van der Waals surface area (Å²) >= 11 is 0. The van der Waals surface area contributed by atoms with Crippen LogP contribution in [0.25, 0.3) is 0 Å². The van der Waals surface area contributed by atoms with E-state index < -0.39 is 23.5 Å². The average molecular weight is 468 g/mol. The maximum Gasteiger partial charge on any atom is 0.306 e. The lowest BCUT2D eigenvalue weighted by atomic mass is 9.98. The van der Waals surface area contributed by atoms with Gasteiger partial charge in [-0.3, -0.25) is 4.79 Å². The number of fused-ring (bicyclic) bond motifs is 2. The molecule has 0 saturated carbocycles. The molecule has 5 rings (SSSR count). The van der Waals surface area contributed by atoms with E-state index in [0.717, 1.165) is 11.6 Å². The van der Waals surface area contributed by atoms with Crippen LogP contribution < -0.4 is 14.2 Å². The molecule has 1 aliphatic carbocycles. The highest BCUT2D eigenvalue weighted by Crippen LogP contribution is 2.44. The second-order valence-corrected chi connectivity index (χ2v) is 8.29. The van der Waals surface area contributed by atoms with Crippen molar-refractivity contribution in [1.82, 2.24) is 0 Å². The lowest BCUT2D eigenvalue weighted by Crippen LogP contribution is -2.09. The summed E-state index contributed by atoms with van der Waals surface area (Å²) in [6.45, 7) is 0.382. The monoisotopic (exact) mass is 468 g/mol. The first-order chi connectivity index (χ1) is 16.4. The highest BCUT2D eigenvalue weighted by Gasteiger charge is 2.32. The molecule has 2 aliphatic rings. The summed E-state index contributed by atoms with van der Waals surface area (Å²) in [4.78, 5) is 11.6. The molecule has 0 spiro atoms. The Morgan fingerprint density at radius 3 is 2.71 bits per heavy atom. The Hall–Kier alpha value is -3.81. The fourth-order valence-electron chi connectivity index (χ4n) is 4.48. The van der Waals surface area contributed by atoms with Crippen LogP contribution in [-0.4, -0.2) is 24.8 Å². The van der Waals surface area contributed by atoms with Gasteiger partial charge in [0.05, 0.1) is 20.1 Å². The number of hydrogen-bond acceptors (Lipinski definition) is 6. The van der Waals surface area contributed by atoms with Crippen molar-refractivity contribution in [2.45, 2.75) is 31.3 Å². The summed E-state index contributed by atoms with van der Waals surface area (Å²) in [5.41, 5.74) is 1.98. The summed E-state index contributed by atoms with van der Waals surface area (Å²) in [6.07, 6.45) is 0.773. The van der Waals surface area contributed by atoms with E-state index in [1.54, 1.807) is 12.1 Å². The minimum atomic E-state index is -0.801. The van der Waals surface area contributed by atoms with E-state index in [1.165, 1.54) is 31.4 Å². The number of ether oxygens (including phenoxy) is 4. The molecular weight excluding hydrogens is 446 g/mol. The van der Waals surface area contributed by atoms with Crippen molar-refractivity contribution in [3.8, 4) is 28.7 Å². The molecule has 0 aromatic heterocycles. The van der Waals surface area contributed by atoms with E-state index >= 15 is 0 Å². The molecule has 1 aliphatic heterocycles. The maximum atomic E-state index is 14.8. The molecule has 3 aromatic carbocycles. The number of rotatable bonds is 6. The van der Waals surface area contributed by atoms with Crippen LogP contribution >= 0.6 is 0 Å². The van der Waals surface area contributed by atoms with Gasteiger partial charge in [-0.05, 0) is 43.2 Å². The normalized spacial score (nSPS) is 18.1. The molecule has 8 heteroatoms. The van der Waals surface area contributed by atoms with E-state index in [4.69, 9.17) is 18.9 Å². The molecule has 1 N–H and O–H groups in total. The highest BCUT2D eigenvalue weighted by molar-refractivity contribution is 5.71. The Labute approximate surface area is 194 Å². The maximum absolute atomic E-state index is 14.8. The third-order valence-corrected chi connectivity index (χ3v) is 6.17. The van der Waals surface area contributed by atoms with E-state index in [1.807, 2.05) is 6.07 Å². The standard InChI is InChI=1S/C26H22F2O6/c1-31-25(30)10-14-13-32-24-12-16(2-4-17(14)24)34-23-8-5-18-22(9-6-19(27)26(18)23)33-15-3-7-21(29)20(28)11-15/h2-4,6-7,9,11-12,14,23,29H,5,8,10,13H2,1H3/t14-,23-/m1/s1. The van der Waals surface area contributed by atoms with Crippen LogP contribution in [0, 0.1) is 11.6 Å². The molecule has 6 nitrogen and oxygen atoms in total. The number of halogens is 2. The number of carbonyl (C=O) groups excluding carboxylic acids is 1. The van der Waals surface area contributed by atoms with Crippen LogP contribution in [0.1, 0.15) is 41.6 Å². The molecule has 1 heterocycles. The minimum Gasteiger partial charge on any atom is -0.505 e. The SMILES string of the molecule is COC(=O)C[C@@H]1COc2cc(O[C@@H]3CCc4c(Oc5ccc(O)c(F)c5)ccc(F)c43)ccc21. The third-order valence-electron chi connectivity index (χ3n) is 6.17. The van der Waals surface area contributed by atoms with Gasteiger partial charge >= 0.3 is 5.97 Å². The second-order valence-electron chi connectivity index (χ2n) is 8.29. The first kappa shape index (κ1) is 22.0. The van der Waals surface area contributed by atoms with Crippen LogP contribution in [0.5, 0.6) is 28.7 Å². The topological polar surface area (TPSA) is 74.2 Å². The molecule has 34 heavy (non-hydrogen) atoms. The van der Waals surface area contributed by atoms with E-state index in [0.29, 0.717) is 47.8 Å². The lowest BCUT2D eigenvalue weighted by Gasteiger charge is -2.17. The van der Waals surface area contributed by atoms with E-state index in [9.17, 15) is 18.7 Å². The van der Waals surface area contributed by atoms with Gasteiger partial charge in [0.2, 0.25) is 0 Å². The number of phenolic OH excluding ortho intramolecular Hbond substituents is 1. The number of aromatic hydroxyl groups is 1.